The normalized spacial score (nSPS) is 11.5. The van der Waals surface area contributed by atoms with Crippen molar-refractivity contribution in [1.29, 1.82) is 0 Å². The Balaban J connectivity index is 1.67. The molecule has 0 N–H and O–H groups in total. The smallest absolute Gasteiger partial charge is 0.399 e. The van der Waals surface area contributed by atoms with Gasteiger partial charge >= 0.3 is 5.88 Å². The molecule has 5 rings (SSSR count). The highest BCUT2D eigenvalue weighted by molar-refractivity contribution is 6.30. The number of para-hydroxylation sites is 2. The summed E-state index contributed by atoms with van der Waals surface area (Å²) >= 11 is 6.00. The first-order valence-corrected chi connectivity index (χ1v) is 8.93. The Kier molecular flexibility index (Phi) is 3.70. The Hall–Kier alpha value is -3.58. The van der Waals surface area contributed by atoms with Gasteiger partial charge in [-0.3, -0.25) is 14.5 Å². The number of imidazole rings is 2. The van der Waals surface area contributed by atoms with Gasteiger partial charge < -0.3 is 8.98 Å². The Morgan fingerprint density at radius 1 is 1.04 bits per heavy atom. The minimum absolute atomic E-state index is 0.304. The third-order valence-electron chi connectivity index (χ3n) is 4.64. The van der Waals surface area contributed by atoms with Crippen molar-refractivity contribution in [2.75, 3.05) is 0 Å². The summed E-state index contributed by atoms with van der Waals surface area (Å²) in [5, 5.41) is 11.6. The van der Waals surface area contributed by atoms with Crippen LogP contribution < -0.4 is 0 Å². The van der Waals surface area contributed by atoms with Crippen LogP contribution in [-0.4, -0.2) is 18.9 Å². The Morgan fingerprint density at radius 2 is 1.79 bits per heavy atom. The number of hydrogen-bond acceptors (Lipinski definition) is 4. The zero-order valence-corrected chi connectivity index (χ0v) is 15.2. The molecular weight excluding hydrogens is 380 g/mol. The predicted molar refractivity (Wildman–Crippen MR) is 106 cm³/mol. The van der Waals surface area contributed by atoms with E-state index in [9.17, 15) is 10.1 Å². The predicted octanol–water partition coefficient (Wildman–Crippen LogP) is 5.16. The average molecular weight is 393 g/mol. The molecule has 0 radical (unpaired) electrons. The van der Waals surface area contributed by atoms with E-state index in [1.165, 1.54) is 6.07 Å². The minimum atomic E-state index is -0.560. The molecule has 0 fully saturated rings. The van der Waals surface area contributed by atoms with Gasteiger partial charge in [-0.15, -0.1) is 0 Å². The summed E-state index contributed by atoms with van der Waals surface area (Å²) in [6, 6.07) is 18.6. The first kappa shape index (κ1) is 16.6. The van der Waals surface area contributed by atoms with Gasteiger partial charge in [0.15, 0.2) is 5.76 Å². The molecule has 3 aromatic heterocycles. The van der Waals surface area contributed by atoms with Crippen LogP contribution in [0, 0.1) is 10.1 Å². The molecule has 0 saturated heterocycles. The molecule has 0 bridgehead atoms. The van der Waals surface area contributed by atoms with Crippen LogP contribution in [0.4, 0.5) is 5.88 Å². The van der Waals surface area contributed by atoms with E-state index in [0.29, 0.717) is 23.0 Å². The highest BCUT2D eigenvalue weighted by atomic mass is 35.5. The van der Waals surface area contributed by atoms with E-state index in [1.54, 1.807) is 6.07 Å². The van der Waals surface area contributed by atoms with Crippen LogP contribution in [0.15, 0.2) is 71.3 Å². The first-order chi connectivity index (χ1) is 13.6. The van der Waals surface area contributed by atoms with Crippen molar-refractivity contribution in [3.63, 3.8) is 0 Å². The minimum Gasteiger partial charge on any atom is -0.399 e. The standard InChI is InChI=1S/C20H13ClN4O3/c21-14-7-5-13(6-8-14)11-23-16-3-1-2-4-17(16)24-12-15(22-20(23)24)18-9-10-19(28-18)25(26)27/h1-10,12H,11H2. The Labute approximate surface area is 163 Å². The molecule has 0 saturated carbocycles. The van der Waals surface area contributed by atoms with E-state index in [2.05, 4.69) is 4.57 Å². The van der Waals surface area contributed by atoms with Gasteiger partial charge in [0.05, 0.1) is 23.6 Å². The number of benzene rings is 2. The highest BCUT2D eigenvalue weighted by Crippen LogP contribution is 2.29. The van der Waals surface area contributed by atoms with Crippen molar-refractivity contribution in [3.05, 3.63) is 87.6 Å². The number of nitro groups is 1. The zero-order valence-electron chi connectivity index (χ0n) is 14.4. The molecule has 2 aromatic carbocycles. The summed E-state index contributed by atoms with van der Waals surface area (Å²) in [6.45, 7) is 0.614. The molecule has 0 spiro atoms. The lowest BCUT2D eigenvalue weighted by Gasteiger charge is -2.05. The largest absolute Gasteiger partial charge is 0.433 e. The van der Waals surface area contributed by atoms with Gasteiger partial charge in [0.1, 0.15) is 10.6 Å². The summed E-state index contributed by atoms with van der Waals surface area (Å²) in [5.74, 6) is 0.782. The van der Waals surface area contributed by atoms with E-state index >= 15 is 0 Å². The zero-order chi connectivity index (χ0) is 19.3. The lowest BCUT2D eigenvalue weighted by atomic mass is 10.2. The van der Waals surface area contributed by atoms with Crippen LogP contribution in [-0.2, 0) is 6.54 Å². The van der Waals surface area contributed by atoms with Crippen molar-refractivity contribution >= 4 is 34.3 Å². The van der Waals surface area contributed by atoms with Gasteiger partial charge in [-0.2, -0.15) is 0 Å². The monoisotopic (exact) mass is 392 g/mol. The van der Waals surface area contributed by atoms with Crippen molar-refractivity contribution < 1.29 is 9.34 Å². The summed E-state index contributed by atoms with van der Waals surface area (Å²) in [4.78, 5) is 15.0. The maximum atomic E-state index is 10.9. The number of halogens is 1. The molecule has 0 atom stereocenters. The van der Waals surface area contributed by atoms with Crippen LogP contribution in [0.3, 0.4) is 0 Å². The number of furan rings is 1. The van der Waals surface area contributed by atoms with Gasteiger partial charge in [0.25, 0.3) is 0 Å². The van der Waals surface area contributed by atoms with E-state index in [-0.39, 0.29) is 5.88 Å². The summed E-state index contributed by atoms with van der Waals surface area (Å²) in [6.07, 6.45) is 1.83. The molecule has 7 nitrogen and oxygen atoms in total. The SMILES string of the molecule is O=[N+]([O-])c1ccc(-c2cn3c4ccccc4n(Cc4ccc(Cl)cc4)c3n2)o1. The van der Waals surface area contributed by atoms with Gasteiger partial charge in [-0.25, -0.2) is 4.98 Å². The third kappa shape index (κ3) is 2.64. The van der Waals surface area contributed by atoms with Gasteiger partial charge in [-0.05, 0) is 35.9 Å². The maximum absolute atomic E-state index is 10.9. The number of aromatic nitrogens is 3. The molecule has 0 aliphatic heterocycles. The molecule has 3 heterocycles. The second-order valence-electron chi connectivity index (χ2n) is 6.39. The molecule has 5 aromatic rings. The molecule has 28 heavy (non-hydrogen) atoms. The third-order valence-corrected chi connectivity index (χ3v) is 4.89. The van der Waals surface area contributed by atoms with E-state index in [4.69, 9.17) is 21.0 Å². The second-order valence-corrected chi connectivity index (χ2v) is 6.83. The first-order valence-electron chi connectivity index (χ1n) is 8.55. The fraction of sp³-hybridized carbons (Fsp3) is 0.0500. The number of nitrogens with zero attached hydrogens (tertiary/aromatic N) is 4. The van der Waals surface area contributed by atoms with Crippen LogP contribution in [0.25, 0.3) is 28.3 Å². The van der Waals surface area contributed by atoms with Gasteiger partial charge in [-0.1, -0.05) is 35.9 Å². The number of hydrogen-bond donors (Lipinski definition) is 0. The number of rotatable bonds is 4. The maximum Gasteiger partial charge on any atom is 0.433 e. The average Bonchev–Trinajstić information content (AvgIpc) is 3.39. The topological polar surface area (TPSA) is 78.5 Å². The van der Waals surface area contributed by atoms with Crippen molar-refractivity contribution in [3.8, 4) is 11.5 Å². The van der Waals surface area contributed by atoms with Crippen molar-refractivity contribution in [2.24, 2.45) is 0 Å². The molecule has 0 unspecified atom stereocenters. The number of fused-ring (bicyclic) bond motifs is 3. The lowest BCUT2D eigenvalue weighted by molar-refractivity contribution is -0.401. The van der Waals surface area contributed by atoms with Crippen LogP contribution in [0.5, 0.6) is 0 Å². The Morgan fingerprint density at radius 3 is 2.50 bits per heavy atom. The summed E-state index contributed by atoms with van der Waals surface area (Å²) < 4.78 is 9.38. The molecule has 138 valence electrons. The van der Waals surface area contributed by atoms with Crippen molar-refractivity contribution in [1.82, 2.24) is 14.0 Å². The second kappa shape index (κ2) is 6.24. The fourth-order valence-electron chi connectivity index (χ4n) is 3.35. The quantitative estimate of drug-likeness (QED) is 0.312. The highest BCUT2D eigenvalue weighted by Gasteiger charge is 2.19. The van der Waals surface area contributed by atoms with Crippen LogP contribution >= 0.6 is 11.6 Å². The molecule has 0 amide bonds. The van der Waals surface area contributed by atoms with E-state index < -0.39 is 4.92 Å². The lowest BCUT2D eigenvalue weighted by Crippen LogP contribution is -2.00. The van der Waals surface area contributed by atoms with E-state index in [0.717, 1.165) is 22.4 Å². The van der Waals surface area contributed by atoms with Crippen LogP contribution in [0.1, 0.15) is 5.56 Å². The van der Waals surface area contributed by atoms with Crippen LogP contribution in [0.2, 0.25) is 5.02 Å². The van der Waals surface area contributed by atoms with Gasteiger partial charge in [0, 0.05) is 11.2 Å². The fourth-order valence-corrected chi connectivity index (χ4v) is 3.48. The van der Waals surface area contributed by atoms with Crippen molar-refractivity contribution in [2.45, 2.75) is 6.54 Å². The Bertz CT molecular complexity index is 1330. The molecular formula is C20H13ClN4O3. The summed E-state index contributed by atoms with van der Waals surface area (Å²) in [7, 11) is 0. The van der Waals surface area contributed by atoms with E-state index in [1.807, 2.05) is 59.1 Å². The summed E-state index contributed by atoms with van der Waals surface area (Å²) in [5.41, 5.74) is 3.66. The molecule has 0 aliphatic carbocycles. The van der Waals surface area contributed by atoms with Gasteiger partial charge in [0.2, 0.25) is 5.78 Å². The molecule has 8 heteroatoms. The molecule has 0 aliphatic rings.